The van der Waals surface area contributed by atoms with Crippen LogP contribution >= 0.6 is 11.3 Å². The molecule has 2 aromatic carbocycles. The Morgan fingerprint density at radius 2 is 1.87 bits per heavy atom. The van der Waals surface area contributed by atoms with Gasteiger partial charge in [-0.1, -0.05) is 48.5 Å². The lowest BCUT2D eigenvalue weighted by Gasteiger charge is -2.39. The van der Waals surface area contributed by atoms with Crippen molar-refractivity contribution in [1.29, 1.82) is 0 Å². The lowest BCUT2D eigenvalue weighted by atomic mass is 9.88. The van der Waals surface area contributed by atoms with E-state index in [0.29, 0.717) is 19.4 Å². The summed E-state index contributed by atoms with van der Waals surface area (Å²) in [5.41, 5.74) is 1.82. The zero-order chi connectivity index (χ0) is 21.6. The van der Waals surface area contributed by atoms with Crippen LogP contribution in [0.3, 0.4) is 0 Å². The van der Waals surface area contributed by atoms with E-state index in [4.69, 9.17) is 0 Å². The summed E-state index contributed by atoms with van der Waals surface area (Å²) < 4.78 is 13.4. The van der Waals surface area contributed by atoms with Crippen LogP contribution in [-0.2, 0) is 22.6 Å². The lowest BCUT2D eigenvalue weighted by Crippen LogP contribution is -2.47. The Morgan fingerprint density at radius 1 is 1.03 bits per heavy atom. The van der Waals surface area contributed by atoms with Gasteiger partial charge in [0.05, 0.1) is 18.4 Å². The molecule has 1 saturated heterocycles. The average molecular weight is 437 g/mol. The molecule has 0 saturated carbocycles. The van der Waals surface area contributed by atoms with Crippen LogP contribution in [0.5, 0.6) is 0 Å². The zero-order valence-corrected chi connectivity index (χ0v) is 18.0. The number of hydrogen-bond acceptors (Lipinski definition) is 3. The van der Waals surface area contributed by atoms with Crippen LogP contribution in [0.2, 0.25) is 0 Å². The molecule has 0 unspecified atom stereocenters. The van der Waals surface area contributed by atoms with Gasteiger partial charge in [-0.25, -0.2) is 4.39 Å². The van der Waals surface area contributed by atoms with Crippen molar-refractivity contribution in [2.75, 3.05) is 6.54 Å². The van der Waals surface area contributed by atoms with E-state index in [2.05, 4.69) is 5.32 Å². The van der Waals surface area contributed by atoms with E-state index in [-0.39, 0.29) is 36.1 Å². The predicted molar refractivity (Wildman–Crippen MR) is 120 cm³/mol. The average Bonchev–Trinajstić information content (AvgIpc) is 3.31. The van der Waals surface area contributed by atoms with Crippen LogP contribution in [0.25, 0.3) is 0 Å². The van der Waals surface area contributed by atoms with Crippen LogP contribution < -0.4 is 5.32 Å². The smallest absolute Gasteiger partial charge is 0.228 e. The molecule has 160 valence electrons. The van der Waals surface area contributed by atoms with Crippen molar-refractivity contribution in [3.8, 4) is 0 Å². The van der Waals surface area contributed by atoms with Gasteiger partial charge in [-0.3, -0.25) is 9.59 Å². The molecule has 3 aromatic rings. The Balaban J connectivity index is 1.46. The van der Waals surface area contributed by atoms with Crippen LogP contribution in [0, 0.1) is 11.7 Å². The molecule has 31 heavy (non-hydrogen) atoms. The Morgan fingerprint density at radius 3 is 2.61 bits per heavy atom. The number of halogens is 1. The molecule has 1 N–H and O–H groups in total. The predicted octanol–water partition coefficient (Wildman–Crippen LogP) is 4.73. The van der Waals surface area contributed by atoms with Crippen LogP contribution in [0.15, 0.2) is 72.1 Å². The summed E-state index contributed by atoms with van der Waals surface area (Å²) in [6, 6.07) is 20.1. The number of nitrogens with zero attached hydrogens (tertiary/aromatic N) is 1. The molecule has 0 bridgehead atoms. The van der Waals surface area contributed by atoms with Crippen molar-refractivity contribution < 1.29 is 14.0 Å². The maximum absolute atomic E-state index is 13.4. The van der Waals surface area contributed by atoms with Gasteiger partial charge in [-0.2, -0.15) is 0 Å². The van der Waals surface area contributed by atoms with Gasteiger partial charge in [0.2, 0.25) is 11.8 Å². The number of benzene rings is 2. The number of amides is 2. The molecule has 2 atom stereocenters. The molecule has 0 aliphatic carbocycles. The highest BCUT2D eigenvalue weighted by Gasteiger charge is 2.35. The summed E-state index contributed by atoms with van der Waals surface area (Å²) in [6.07, 6.45) is 1.79. The maximum atomic E-state index is 13.4. The van der Waals surface area contributed by atoms with Crippen molar-refractivity contribution in [2.45, 2.75) is 31.8 Å². The Bertz CT molecular complexity index is 1020. The van der Waals surface area contributed by atoms with Crippen molar-refractivity contribution in [3.05, 3.63) is 93.9 Å². The molecule has 4 nitrogen and oxygen atoms in total. The first-order valence-electron chi connectivity index (χ1n) is 10.5. The number of carbonyl (C=O) groups excluding carboxylic acids is 2. The first kappa shape index (κ1) is 21.2. The molecule has 0 spiro atoms. The Kier molecular flexibility index (Phi) is 6.77. The molecule has 1 aliphatic heterocycles. The first-order valence-corrected chi connectivity index (χ1v) is 11.4. The van der Waals surface area contributed by atoms with E-state index in [1.54, 1.807) is 23.5 Å². The van der Waals surface area contributed by atoms with Crippen LogP contribution in [0.4, 0.5) is 4.39 Å². The SMILES string of the molecule is O=C(NCc1cccc(F)c1)[C@H]1CC[C@@H](c2ccccc2)N(C(=O)Cc2cccs2)C1. The second-order valence-electron chi connectivity index (χ2n) is 7.85. The normalized spacial score (nSPS) is 18.5. The minimum atomic E-state index is -0.319. The summed E-state index contributed by atoms with van der Waals surface area (Å²) in [5, 5.41) is 4.88. The lowest BCUT2D eigenvalue weighted by molar-refractivity contribution is -0.138. The topological polar surface area (TPSA) is 49.4 Å². The number of likely N-dealkylation sites (tertiary alicyclic amines) is 1. The highest BCUT2D eigenvalue weighted by molar-refractivity contribution is 7.10. The third kappa shape index (κ3) is 5.39. The highest BCUT2D eigenvalue weighted by atomic mass is 32.1. The summed E-state index contributed by atoms with van der Waals surface area (Å²) in [7, 11) is 0. The Labute approximate surface area is 185 Å². The van der Waals surface area contributed by atoms with Crippen molar-refractivity contribution >= 4 is 23.2 Å². The molecule has 1 aromatic heterocycles. The van der Waals surface area contributed by atoms with Gasteiger partial charge in [0.25, 0.3) is 0 Å². The van der Waals surface area contributed by atoms with Crippen LogP contribution in [-0.4, -0.2) is 23.3 Å². The minimum Gasteiger partial charge on any atom is -0.352 e. The van der Waals surface area contributed by atoms with Gasteiger partial charge in [0.1, 0.15) is 5.82 Å². The Hall–Kier alpha value is -2.99. The fourth-order valence-corrected chi connectivity index (χ4v) is 4.82. The third-order valence-corrected chi connectivity index (χ3v) is 6.60. The fraction of sp³-hybridized carbons (Fsp3) is 0.280. The van der Waals surface area contributed by atoms with Crippen molar-refractivity contribution in [1.82, 2.24) is 10.2 Å². The highest BCUT2D eigenvalue weighted by Crippen LogP contribution is 2.34. The quantitative estimate of drug-likeness (QED) is 0.608. The molecule has 4 rings (SSSR count). The number of carbonyl (C=O) groups is 2. The van der Waals surface area contributed by atoms with E-state index in [9.17, 15) is 14.0 Å². The van der Waals surface area contributed by atoms with Gasteiger partial charge < -0.3 is 10.2 Å². The monoisotopic (exact) mass is 436 g/mol. The van der Waals surface area contributed by atoms with E-state index >= 15 is 0 Å². The minimum absolute atomic E-state index is 0.0269. The molecule has 6 heteroatoms. The van der Waals surface area contributed by atoms with E-state index in [1.165, 1.54) is 12.1 Å². The summed E-state index contributed by atoms with van der Waals surface area (Å²) in [4.78, 5) is 28.9. The second-order valence-corrected chi connectivity index (χ2v) is 8.88. The fourth-order valence-electron chi connectivity index (χ4n) is 4.13. The molecular weight excluding hydrogens is 411 g/mol. The first-order chi connectivity index (χ1) is 15.1. The van der Waals surface area contributed by atoms with E-state index < -0.39 is 0 Å². The zero-order valence-electron chi connectivity index (χ0n) is 17.2. The number of thiophene rings is 1. The van der Waals surface area contributed by atoms with Crippen molar-refractivity contribution in [2.24, 2.45) is 5.92 Å². The molecule has 1 fully saturated rings. The summed E-state index contributed by atoms with van der Waals surface area (Å²) >= 11 is 1.57. The number of piperidine rings is 1. The number of rotatable bonds is 6. The van der Waals surface area contributed by atoms with Gasteiger partial charge >= 0.3 is 0 Å². The summed E-state index contributed by atoms with van der Waals surface area (Å²) in [6.45, 7) is 0.664. The van der Waals surface area contributed by atoms with Gasteiger partial charge in [-0.15, -0.1) is 11.3 Å². The number of hydrogen-bond donors (Lipinski definition) is 1. The number of nitrogens with one attached hydrogen (secondary N) is 1. The van der Waals surface area contributed by atoms with E-state index in [1.807, 2.05) is 52.7 Å². The molecular formula is C25H25FN2O2S. The van der Waals surface area contributed by atoms with Gasteiger partial charge in [-0.05, 0) is 47.5 Å². The molecule has 2 heterocycles. The van der Waals surface area contributed by atoms with Crippen LogP contribution in [0.1, 0.15) is 34.9 Å². The van der Waals surface area contributed by atoms with Gasteiger partial charge in [0.15, 0.2) is 0 Å². The largest absolute Gasteiger partial charge is 0.352 e. The molecule has 0 radical (unpaired) electrons. The van der Waals surface area contributed by atoms with Crippen molar-refractivity contribution in [3.63, 3.8) is 0 Å². The summed E-state index contributed by atoms with van der Waals surface area (Å²) in [5.74, 6) is -0.648. The van der Waals surface area contributed by atoms with E-state index in [0.717, 1.165) is 22.4 Å². The third-order valence-electron chi connectivity index (χ3n) is 5.72. The van der Waals surface area contributed by atoms with Gasteiger partial charge in [0, 0.05) is 18.0 Å². The second kappa shape index (κ2) is 9.88. The maximum Gasteiger partial charge on any atom is 0.228 e. The molecule has 1 aliphatic rings. The molecule has 2 amide bonds. The standard InChI is InChI=1S/C25H25FN2O2S/c26-21-9-4-6-18(14-21)16-27-25(30)20-11-12-23(19-7-2-1-3-8-19)28(17-20)24(29)15-22-10-5-13-31-22/h1-10,13-14,20,23H,11-12,15-17H2,(H,27,30)/t20-,23-/m0/s1.